The standard InChI is InChI=1S/C16H16FN3O5/c1-20(25)16(24)13-14(22)12(8-21)11(7-18-13)15(23)19-6-9-2-4-10(17)5-3-9/h2-5,7,21-22,25H,6,8H2,1H3,(H,19,23). The number of carbonyl (C=O) groups is 2. The van der Waals surface area contributed by atoms with E-state index in [-0.39, 0.29) is 22.7 Å². The molecule has 132 valence electrons. The molecule has 1 aromatic carbocycles. The van der Waals surface area contributed by atoms with Crippen LogP contribution in [0.3, 0.4) is 0 Å². The van der Waals surface area contributed by atoms with Crippen LogP contribution in [0, 0.1) is 5.82 Å². The topological polar surface area (TPSA) is 123 Å². The van der Waals surface area contributed by atoms with Gasteiger partial charge in [0.2, 0.25) is 0 Å². The number of rotatable bonds is 5. The van der Waals surface area contributed by atoms with Crippen molar-refractivity contribution < 1.29 is 29.4 Å². The summed E-state index contributed by atoms with van der Waals surface area (Å²) in [5.74, 6) is -2.73. The molecule has 0 fully saturated rings. The minimum absolute atomic E-state index is 0.0881. The fourth-order valence-corrected chi connectivity index (χ4v) is 2.08. The van der Waals surface area contributed by atoms with Crippen LogP contribution in [0.5, 0.6) is 5.75 Å². The Morgan fingerprint density at radius 3 is 2.48 bits per heavy atom. The molecule has 25 heavy (non-hydrogen) atoms. The van der Waals surface area contributed by atoms with E-state index in [1.54, 1.807) is 0 Å². The smallest absolute Gasteiger partial charge is 0.299 e. The highest BCUT2D eigenvalue weighted by molar-refractivity contribution is 5.99. The Bertz CT molecular complexity index is 793. The summed E-state index contributed by atoms with van der Waals surface area (Å²) in [6.45, 7) is -0.631. The largest absolute Gasteiger partial charge is 0.505 e. The third kappa shape index (κ3) is 4.08. The van der Waals surface area contributed by atoms with Gasteiger partial charge in [0.15, 0.2) is 11.4 Å². The lowest BCUT2D eigenvalue weighted by Gasteiger charge is -2.14. The number of pyridine rings is 1. The maximum Gasteiger partial charge on any atom is 0.299 e. The summed E-state index contributed by atoms with van der Waals surface area (Å²) in [6.07, 6.45) is 1.02. The van der Waals surface area contributed by atoms with E-state index in [1.807, 2.05) is 0 Å². The van der Waals surface area contributed by atoms with E-state index in [0.29, 0.717) is 5.56 Å². The molecule has 2 amide bonds. The molecule has 0 aliphatic rings. The number of benzene rings is 1. The average Bonchev–Trinajstić information content (AvgIpc) is 2.60. The molecule has 2 rings (SSSR count). The number of nitrogens with zero attached hydrogens (tertiary/aromatic N) is 2. The molecular formula is C16H16FN3O5. The first-order valence-electron chi connectivity index (χ1n) is 7.16. The van der Waals surface area contributed by atoms with E-state index in [1.165, 1.54) is 24.3 Å². The first-order chi connectivity index (χ1) is 11.8. The number of hydrogen-bond acceptors (Lipinski definition) is 6. The first kappa shape index (κ1) is 18.3. The highest BCUT2D eigenvalue weighted by Gasteiger charge is 2.23. The lowest BCUT2D eigenvalue weighted by molar-refractivity contribution is -0.0381. The molecular weight excluding hydrogens is 333 g/mol. The maximum atomic E-state index is 12.9. The Hall–Kier alpha value is -3.04. The zero-order valence-corrected chi connectivity index (χ0v) is 13.2. The number of aliphatic hydroxyl groups is 1. The minimum atomic E-state index is -0.995. The number of halogens is 1. The summed E-state index contributed by atoms with van der Waals surface area (Å²) >= 11 is 0. The summed E-state index contributed by atoms with van der Waals surface area (Å²) in [4.78, 5) is 27.6. The van der Waals surface area contributed by atoms with Crippen LogP contribution in [0.4, 0.5) is 4.39 Å². The van der Waals surface area contributed by atoms with Gasteiger partial charge < -0.3 is 15.5 Å². The van der Waals surface area contributed by atoms with Gasteiger partial charge in [-0.15, -0.1) is 0 Å². The molecule has 0 aliphatic carbocycles. The predicted molar refractivity (Wildman–Crippen MR) is 83.3 cm³/mol. The monoisotopic (exact) mass is 349 g/mol. The molecule has 0 aliphatic heterocycles. The minimum Gasteiger partial charge on any atom is -0.505 e. The fraction of sp³-hybridized carbons (Fsp3) is 0.188. The van der Waals surface area contributed by atoms with Crippen LogP contribution in [-0.4, -0.2) is 44.3 Å². The van der Waals surface area contributed by atoms with E-state index in [2.05, 4.69) is 10.3 Å². The highest BCUT2D eigenvalue weighted by atomic mass is 19.1. The van der Waals surface area contributed by atoms with Crippen LogP contribution in [0.25, 0.3) is 0 Å². The average molecular weight is 349 g/mol. The number of aromatic nitrogens is 1. The van der Waals surface area contributed by atoms with E-state index in [9.17, 15) is 24.2 Å². The van der Waals surface area contributed by atoms with Gasteiger partial charge in [-0.1, -0.05) is 12.1 Å². The number of aromatic hydroxyl groups is 1. The summed E-state index contributed by atoms with van der Waals surface area (Å²) in [7, 11) is 1.05. The first-order valence-corrected chi connectivity index (χ1v) is 7.16. The molecule has 0 bridgehead atoms. The van der Waals surface area contributed by atoms with Crippen LogP contribution >= 0.6 is 0 Å². The third-order valence-corrected chi connectivity index (χ3v) is 3.42. The molecule has 0 saturated heterocycles. The van der Waals surface area contributed by atoms with Gasteiger partial charge in [-0.2, -0.15) is 0 Å². The van der Waals surface area contributed by atoms with Crippen molar-refractivity contribution in [2.75, 3.05) is 7.05 Å². The third-order valence-electron chi connectivity index (χ3n) is 3.42. The molecule has 0 unspecified atom stereocenters. The van der Waals surface area contributed by atoms with Gasteiger partial charge in [-0.3, -0.25) is 14.8 Å². The quantitative estimate of drug-likeness (QED) is 0.468. The number of hydroxylamine groups is 2. The van der Waals surface area contributed by atoms with Gasteiger partial charge in [0.05, 0.1) is 12.2 Å². The molecule has 8 nitrogen and oxygen atoms in total. The summed E-state index contributed by atoms with van der Waals surface area (Å²) in [5.41, 5.74) is -0.175. The van der Waals surface area contributed by atoms with Crippen LogP contribution < -0.4 is 5.32 Å². The molecule has 0 spiro atoms. The number of carbonyl (C=O) groups excluding carboxylic acids is 2. The second-order valence-electron chi connectivity index (χ2n) is 5.14. The van der Waals surface area contributed by atoms with Gasteiger partial charge in [0, 0.05) is 25.4 Å². The van der Waals surface area contributed by atoms with Crippen molar-refractivity contribution in [3.05, 3.63) is 58.7 Å². The van der Waals surface area contributed by atoms with Crippen molar-refractivity contribution in [1.82, 2.24) is 15.4 Å². The van der Waals surface area contributed by atoms with E-state index >= 15 is 0 Å². The second-order valence-corrected chi connectivity index (χ2v) is 5.14. The summed E-state index contributed by atoms with van der Waals surface area (Å²) in [5, 5.41) is 31.4. The van der Waals surface area contributed by atoms with Gasteiger partial charge in [0.25, 0.3) is 11.8 Å². The van der Waals surface area contributed by atoms with Crippen LogP contribution in [0.1, 0.15) is 32.0 Å². The Morgan fingerprint density at radius 1 is 1.28 bits per heavy atom. The number of aliphatic hydroxyl groups excluding tert-OH is 1. The molecule has 2 aromatic rings. The molecule has 4 N–H and O–H groups in total. The van der Waals surface area contributed by atoms with Gasteiger partial charge in [-0.25, -0.2) is 14.4 Å². The lowest BCUT2D eigenvalue weighted by atomic mass is 10.1. The predicted octanol–water partition coefficient (Wildman–Crippen LogP) is 0.810. The Morgan fingerprint density at radius 2 is 1.92 bits per heavy atom. The SMILES string of the molecule is CN(O)C(=O)c1ncc(C(=O)NCc2ccc(F)cc2)c(CO)c1O. The van der Waals surface area contributed by atoms with Crippen molar-refractivity contribution in [2.45, 2.75) is 13.2 Å². The number of hydrogen-bond donors (Lipinski definition) is 4. The zero-order chi connectivity index (χ0) is 18.6. The second kappa shape index (κ2) is 7.69. The van der Waals surface area contributed by atoms with Crippen LogP contribution in [0.2, 0.25) is 0 Å². The van der Waals surface area contributed by atoms with Crippen molar-refractivity contribution in [2.24, 2.45) is 0 Å². The van der Waals surface area contributed by atoms with Crippen molar-refractivity contribution in [3.8, 4) is 5.75 Å². The molecule has 0 radical (unpaired) electrons. The van der Waals surface area contributed by atoms with Crippen molar-refractivity contribution in [1.29, 1.82) is 0 Å². The summed E-state index contributed by atoms with van der Waals surface area (Å²) < 4.78 is 12.9. The van der Waals surface area contributed by atoms with Crippen LogP contribution in [-0.2, 0) is 13.2 Å². The molecule has 0 atom stereocenters. The lowest BCUT2D eigenvalue weighted by Crippen LogP contribution is -2.27. The molecule has 0 saturated carbocycles. The normalized spacial score (nSPS) is 10.4. The molecule has 1 heterocycles. The number of amides is 2. The number of nitrogens with one attached hydrogen (secondary N) is 1. The summed E-state index contributed by atoms with van der Waals surface area (Å²) in [6, 6.07) is 5.49. The molecule has 9 heteroatoms. The Kier molecular flexibility index (Phi) is 5.63. The van der Waals surface area contributed by atoms with Gasteiger partial charge in [0.1, 0.15) is 5.82 Å². The zero-order valence-electron chi connectivity index (χ0n) is 13.2. The van der Waals surface area contributed by atoms with Gasteiger partial charge >= 0.3 is 0 Å². The van der Waals surface area contributed by atoms with E-state index < -0.39 is 35.7 Å². The van der Waals surface area contributed by atoms with E-state index in [0.717, 1.165) is 13.2 Å². The Labute approximate surface area is 142 Å². The fourth-order valence-electron chi connectivity index (χ4n) is 2.08. The Balaban J connectivity index is 2.23. The van der Waals surface area contributed by atoms with E-state index in [4.69, 9.17) is 5.21 Å². The van der Waals surface area contributed by atoms with Crippen LogP contribution in [0.15, 0.2) is 30.5 Å². The maximum absolute atomic E-state index is 12.9. The van der Waals surface area contributed by atoms with Crippen molar-refractivity contribution in [3.63, 3.8) is 0 Å². The van der Waals surface area contributed by atoms with Gasteiger partial charge in [-0.05, 0) is 17.7 Å². The van der Waals surface area contributed by atoms with Crippen molar-refractivity contribution >= 4 is 11.8 Å². The highest BCUT2D eigenvalue weighted by Crippen LogP contribution is 2.25. The molecule has 1 aromatic heterocycles.